The van der Waals surface area contributed by atoms with Gasteiger partial charge in [0.25, 0.3) is 5.56 Å². The minimum Gasteiger partial charge on any atom is -0.481 e. The van der Waals surface area contributed by atoms with Gasteiger partial charge in [-0.05, 0) is 25.0 Å². The number of ether oxygens (including phenoxy) is 1. The van der Waals surface area contributed by atoms with Gasteiger partial charge in [0.05, 0.1) is 6.42 Å². The van der Waals surface area contributed by atoms with E-state index < -0.39 is 83.3 Å². The summed E-state index contributed by atoms with van der Waals surface area (Å²) in [4.78, 5) is 61.5. The van der Waals surface area contributed by atoms with Gasteiger partial charge in [0.2, 0.25) is 23.4 Å². The predicted octanol–water partition coefficient (Wildman–Crippen LogP) is 2.70. The van der Waals surface area contributed by atoms with Crippen molar-refractivity contribution in [3.05, 3.63) is 58.0 Å². The van der Waals surface area contributed by atoms with E-state index in [1.807, 2.05) is 0 Å². The Bertz CT molecular complexity index is 1260. The summed E-state index contributed by atoms with van der Waals surface area (Å²) in [6.45, 7) is 2.05. The molecule has 0 aliphatic rings. The van der Waals surface area contributed by atoms with Crippen molar-refractivity contribution in [1.82, 2.24) is 9.88 Å². The Balaban J connectivity index is 2.25. The van der Waals surface area contributed by atoms with Crippen LogP contribution in [0.4, 0.5) is 23.2 Å². The Kier molecular flexibility index (Phi) is 10.5. The van der Waals surface area contributed by atoms with Gasteiger partial charge < -0.3 is 25.0 Å². The number of ketones is 1. The average molecular weight is 543 g/mol. The molecule has 2 rings (SSSR count). The van der Waals surface area contributed by atoms with Crippen molar-refractivity contribution in [3.63, 3.8) is 0 Å². The fraction of sp³-hybridized carbons (Fsp3) is 0.375. The fourth-order valence-electron chi connectivity index (χ4n) is 3.41. The topological polar surface area (TPSA) is 144 Å². The van der Waals surface area contributed by atoms with Crippen LogP contribution in [0.5, 0.6) is 5.75 Å². The van der Waals surface area contributed by atoms with E-state index in [2.05, 4.69) is 15.4 Å². The van der Waals surface area contributed by atoms with Gasteiger partial charge in [-0.1, -0.05) is 13.8 Å². The molecular weight excluding hydrogens is 518 g/mol. The van der Waals surface area contributed by atoms with Crippen LogP contribution in [0, 0.1) is 23.3 Å². The predicted molar refractivity (Wildman–Crippen MR) is 125 cm³/mol. The molecule has 0 saturated heterocycles. The van der Waals surface area contributed by atoms with Crippen LogP contribution in [0.15, 0.2) is 29.2 Å². The number of amides is 2. The van der Waals surface area contributed by atoms with Crippen LogP contribution in [0.1, 0.15) is 45.6 Å². The van der Waals surface area contributed by atoms with Crippen molar-refractivity contribution in [3.8, 4) is 5.75 Å². The van der Waals surface area contributed by atoms with Crippen molar-refractivity contribution in [2.75, 3.05) is 11.9 Å². The van der Waals surface area contributed by atoms with E-state index in [-0.39, 0.29) is 24.6 Å². The largest absolute Gasteiger partial charge is 0.481 e. The van der Waals surface area contributed by atoms with Gasteiger partial charge in [-0.15, -0.1) is 0 Å². The molecule has 1 aromatic carbocycles. The summed E-state index contributed by atoms with van der Waals surface area (Å²) in [6.07, 6.45) is 0.968. The molecule has 0 saturated carbocycles. The molecule has 0 aliphatic heterocycles. The van der Waals surface area contributed by atoms with Crippen molar-refractivity contribution in [2.45, 2.75) is 51.6 Å². The number of carbonyl (C=O) groups is 4. The summed E-state index contributed by atoms with van der Waals surface area (Å²) in [5.41, 5.74) is -0.836. The normalized spacial score (nSPS) is 12.4. The molecule has 10 nitrogen and oxygen atoms in total. The Morgan fingerprint density at radius 2 is 1.71 bits per heavy atom. The molecule has 0 spiro atoms. The van der Waals surface area contributed by atoms with Crippen LogP contribution >= 0.6 is 0 Å². The van der Waals surface area contributed by atoms with Crippen LogP contribution < -0.4 is 20.9 Å². The average Bonchev–Trinajstić information content (AvgIpc) is 2.84. The van der Waals surface area contributed by atoms with E-state index in [1.165, 1.54) is 25.3 Å². The van der Waals surface area contributed by atoms with E-state index in [9.17, 15) is 41.5 Å². The van der Waals surface area contributed by atoms with Crippen LogP contribution in [-0.2, 0) is 19.2 Å². The monoisotopic (exact) mass is 543 g/mol. The highest BCUT2D eigenvalue weighted by Gasteiger charge is 2.30. The molecule has 1 unspecified atom stereocenters. The second-order valence-electron chi connectivity index (χ2n) is 8.07. The maximum Gasteiger partial charge on any atom is 0.305 e. The lowest BCUT2D eigenvalue weighted by Crippen LogP contribution is -2.48. The number of hydrogen-bond acceptors (Lipinski definition) is 6. The summed E-state index contributed by atoms with van der Waals surface area (Å²) < 4.78 is 59.9. The third-order valence-electron chi connectivity index (χ3n) is 5.26. The summed E-state index contributed by atoms with van der Waals surface area (Å²) >= 11 is 0. The van der Waals surface area contributed by atoms with Gasteiger partial charge in [0.1, 0.15) is 24.4 Å². The Hall–Kier alpha value is -4.23. The van der Waals surface area contributed by atoms with Gasteiger partial charge in [-0.25, -0.2) is 8.78 Å². The minimum absolute atomic E-state index is 0.00156. The Morgan fingerprint density at radius 1 is 1.08 bits per heavy atom. The number of carboxylic acids is 1. The molecule has 2 amide bonds. The molecule has 14 heteroatoms. The van der Waals surface area contributed by atoms with Gasteiger partial charge >= 0.3 is 5.97 Å². The van der Waals surface area contributed by atoms with Gasteiger partial charge in [0.15, 0.2) is 23.2 Å². The first kappa shape index (κ1) is 30.0. The Labute approximate surface area is 213 Å². The molecule has 0 aliphatic carbocycles. The van der Waals surface area contributed by atoms with Crippen LogP contribution in [-0.4, -0.2) is 45.9 Å². The standard InChI is InChI=1S/C24H25F4N3O7/c1-3-6-18(33)29-14-7-5-8-31(24(14)37)16(4-2)23(36)30-15(10-19(34)35)17(32)11-38-22-20(27)12(25)9-13(26)21(22)28/h5,7-9,15-16H,3-4,6,10-11H2,1-2H3,(H,29,33)(H,30,36)(H,34,35)/t15?,16-/m0/s1. The van der Waals surface area contributed by atoms with Gasteiger partial charge in [-0.3, -0.25) is 24.0 Å². The number of pyridine rings is 1. The highest BCUT2D eigenvalue weighted by molar-refractivity contribution is 5.94. The summed E-state index contributed by atoms with van der Waals surface area (Å²) in [6, 6.07) is -0.375. The molecule has 2 aromatic rings. The molecule has 206 valence electrons. The zero-order chi connectivity index (χ0) is 28.6. The second kappa shape index (κ2) is 13.4. The number of aliphatic carboxylic acids is 1. The lowest BCUT2D eigenvalue weighted by atomic mass is 10.1. The van der Waals surface area contributed by atoms with E-state index in [0.29, 0.717) is 6.42 Å². The maximum absolute atomic E-state index is 13.8. The van der Waals surface area contributed by atoms with Gasteiger partial charge in [0, 0.05) is 18.7 Å². The summed E-state index contributed by atoms with van der Waals surface area (Å²) in [5.74, 6) is -13.0. The van der Waals surface area contributed by atoms with E-state index in [4.69, 9.17) is 5.11 Å². The number of hydrogen-bond donors (Lipinski definition) is 3. The number of benzene rings is 1. The fourth-order valence-corrected chi connectivity index (χ4v) is 3.41. The number of carbonyl (C=O) groups excluding carboxylic acids is 3. The lowest BCUT2D eigenvalue weighted by Gasteiger charge is -2.22. The molecule has 0 fully saturated rings. The SMILES string of the molecule is CCCC(=O)Nc1cccn([C@@H](CC)C(=O)NC(CC(=O)O)C(=O)COc2c(F)c(F)cc(F)c2F)c1=O. The number of anilines is 1. The zero-order valence-corrected chi connectivity index (χ0v) is 20.4. The van der Waals surface area contributed by atoms with E-state index in [0.717, 1.165) is 4.57 Å². The number of aromatic nitrogens is 1. The number of halogens is 4. The molecule has 0 bridgehead atoms. The molecule has 1 heterocycles. The molecular formula is C24H25F4N3O7. The zero-order valence-electron chi connectivity index (χ0n) is 20.4. The number of carboxylic acid groups (broad SMARTS) is 1. The quantitative estimate of drug-likeness (QED) is 0.260. The lowest BCUT2D eigenvalue weighted by molar-refractivity contribution is -0.140. The molecule has 0 radical (unpaired) electrons. The highest BCUT2D eigenvalue weighted by Crippen LogP contribution is 2.26. The third-order valence-corrected chi connectivity index (χ3v) is 5.26. The number of Topliss-reactive ketones (excluding diaryl/α,β-unsaturated/α-hetero) is 1. The Morgan fingerprint density at radius 3 is 2.26 bits per heavy atom. The third kappa shape index (κ3) is 7.40. The second-order valence-corrected chi connectivity index (χ2v) is 8.07. The molecule has 3 N–H and O–H groups in total. The summed E-state index contributed by atoms with van der Waals surface area (Å²) in [7, 11) is 0. The number of nitrogens with zero attached hydrogens (tertiary/aromatic N) is 1. The molecule has 1 aromatic heterocycles. The first-order valence-corrected chi connectivity index (χ1v) is 11.4. The van der Waals surface area contributed by atoms with Crippen molar-refractivity contribution in [2.24, 2.45) is 0 Å². The smallest absolute Gasteiger partial charge is 0.305 e. The van der Waals surface area contributed by atoms with Crippen molar-refractivity contribution in [1.29, 1.82) is 0 Å². The molecule has 38 heavy (non-hydrogen) atoms. The van der Waals surface area contributed by atoms with Gasteiger partial charge in [-0.2, -0.15) is 8.78 Å². The van der Waals surface area contributed by atoms with Crippen molar-refractivity contribution >= 4 is 29.3 Å². The van der Waals surface area contributed by atoms with Crippen LogP contribution in [0.3, 0.4) is 0 Å². The first-order chi connectivity index (χ1) is 17.9. The summed E-state index contributed by atoms with van der Waals surface area (Å²) in [5, 5.41) is 13.8. The first-order valence-electron chi connectivity index (χ1n) is 11.4. The van der Waals surface area contributed by atoms with Crippen LogP contribution in [0.2, 0.25) is 0 Å². The number of rotatable bonds is 13. The van der Waals surface area contributed by atoms with Crippen LogP contribution in [0.25, 0.3) is 0 Å². The maximum atomic E-state index is 13.8. The van der Waals surface area contributed by atoms with E-state index in [1.54, 1.807) is 6.92 Å². The van der Waals surface area contributed by atoms with Crippen molar-refractivity contribution < 1.29 is 46.6 Å². The minimum atomic E-state index is -1.91. The van der Waals surface area contributed by atoms with E-state index >= 15 is 0 Å². The highest BCUT2D eigenvalue weighted by atomic mass is 19.2. The molecule has 2 atom stereocenters. The number of nitrogens with one attached hydrogen (secondary N) is 2.